The zero-order valence-electron chi connectivity index (χ0n) is 11.4. The highest BCUT2D eigenvalue weighted by atomic mass is 19.3. The number of nitrogens with zero attached hydrogens (tertiary/aromatic N) is 2. The fourth-order valence-corrected chi connectivity index (χ4v) is 2.11. The molecule has 0 bridgehead atoms. The minimum atomic E-state index is -2.60. The number of aliphatic hydroxyl groups is 1. The van der Waals surface area contributed by atoms with E-state index in [1.54, 1.807) is 0 Å². The quantitative estimate of drug-likeness (QED) is 0.815. The van der Waals surface area contributed by atoms with Crippen LogP contribution in [0.2, 0.25) is 0 Å². The fraction of sp³-hybridized carbons (Fsp3) is 0.429. The van der Waals surface area contributed by atoms with Gasteiger partial charge in [-0.05, 0) is 12.1 Å². The van der Waals surface area contributed by atoms with Gasteiger partial charge in [0, 0.05) is 19.4 Å². The van der Waals surface area contributed by atoms with Crippen LogP contribution in [0.1, 0.15) is 12.2 Å². The highest BCUT2D eigenvalue weighted by Crippen LogP contribution is 2.12. The molecule has 0 atom stereocenters. The lowest BCUT2D eigenvalue weighted by atomic mass is 10.2. The molecular weight excluding hydrogens is 280 g/mol. The lowest BCUT2D eigenvalue weighted by Crippen LogP contribution is -2.37. The number of hydrogen-bond acceptors (Lipinski definition) is 3. The number of fused-ring (bicyclic) bond motifs is 1. The van der Waals surface area contributed by atoms with E-state index >= 15 is 0 Å². The number of aromatic amines is 1. The molecule has 0 unspecified atom stereocenters. The summed E-state index contributed by atoms with van der Waals surface area (Å²) in [5.41, 5.74) is 1.68. The van der Waals surface area contributed by atoms with Crippen molar-refractivity contribution >= 4 is 16.9 Å². The van der Waals surface area contributed by atoms with Gasteiger partial charge >= 0.3 is 0 Å². The number of para-hydroxylation sites is 2. The van der Waals surface area contributed by atoms with Gasteiger partial charge in [-0.1, -0.05) is 12.1 Å². The molecule has 1 aromatic carbocycles. The fourth-order valence-electron chi connectivity index (χ4n) is 2.11. The van der Waals surface area contributed by atoms with Crippen LogP contribution in [-0.4, -0.2) is 52.0 Å². The third kappa shape index (κ3) is 4.22. The molecule has 0 fully saturated rings. The van der Waals surface area contributed by atoms with Gasteiger partial charge < -0.3 is 15.0 Å². The van der Waals surface area contributed by atoms with Crippen molar-refractivity contribution in [2.45, 2.75) is 19.3 Å². The molecule has 1 heterocycles. The molecule has 0 saturated carbocycles. The molecule has 1 amide bonds. The van der Waals surface area contributed by atoms with Gasteiger partial charge in [-0.2, -0.15) is 0 Å². The van der Waals surface area contributed by atoms with Gasteiger partial charge in [0.05, 0.1) is 24.2 Å². The first-order valence-electron chi connectivity index (χ1n) is 6.70. The number of hydrogen-bond donors (Lipinski definition) is 2. The number of rotatable bonds is 7. The number of alkyl halides is 2. The van der Waals surface area contributed by atoms with E-state index in [2.05, 4.69) is 9.97 Å². The molecule has 114 valence electrons. The van der Waals surface area contributed by atoms with Crippen LogP contribution in [0.3, 0.4) is 0 Å². The third-order valence-electron chi connectivity index (χ3n) is 3.10. The zero-order chi connectivity index (χ0) is 15.2. The highest BCUT2D eigenvalue weighted by molar-refractivity contribution is 5.77. The Kier molecular flexibility index (Phi) is 5.21. The van der Waals surface area contributed by atoms with Gasteiger partial charge in [-0.15, -0.1) is 0 Å². The van der Waals surface area contributed by atoms with Crippen LogP contribution in [0.25, 0.3) is 11.0 Å². The summed E-state index contributed by atoms with van der Waals surface area (Å²) in [6.45, 7) is -1.06. The maximum absolute atomic E-state index is 12.4. The number of carbonyl (C=O) groups is 1. The van der Waals surface area contributed by atoms with Crippen molar-refractivity contribution in [1.82, 2.24) is 14.9 Å². The molecule has 5 nitrogen and oxygen atoms in total. The summed E-state index contributed by atoms with van der Waals surface area (Å²) in [4.78, 5) is 20.3. The third-order valence-corrected chi connectivity index (χ3v) is 3.10. The number of H-pyrrole nitrogens is 1. The van der Waals surface area contributed by atoms with Crippen LogP contribution in [0.5, 0.6) is 0 Å². The normalized spacial score (nSPS) is 11.2. The van der Waals surface area contributed by atoms with E-state index in [-0.39, 0.29) is 19.6 Å². The van der Waals surface area contributed by atoms with E-state index in [9.17, 15) is 13.6 Å². The average Bonchev–Trinajstić information content (AvgIpc) is 2.86. The molecular formula is C14H17F2N3O2. The second-order valence-electron chi connectivity index (χ2n) is 4.66. The molecule has 0 spiro atoms. The standard InChI is InChI=1S/C14H17F2N3O2/c15-12(16)9-19(7-8-20)14(21)6-5-13-17-10-3-1-2-4-11(10)18-13/h1-4,12,20H,5-9H2,(H,17,18). The van der Waals surface area contributed by atoms with Gasteiger partial charge in [0.15, 0.2) is 0 Å². The summed E-state index contributed by atoms with van der Waals surface area (Å²) in [6.07, 6.45) is -2.18. The maximum atomic E-state index is 12.4. The van der Waals surface area contributed by atoms with Crippen molar-refractivity contribution in [3.8, 4) is 0 Å². The van der Waals surface area contributed by atoms with Crippen LogP contribution >= 0.6 is 0 Å². The number of nitrogens with one attached hydrogen (secondary N) is 1. The van der Waals surface area contributed by atoms with Crippen molar-refractivity contribution in [2.75, 3.05) is 19.7 Å². The van der Waals surface area contributed by atoms with E-state index in [0.717, 1.165) is 15.9 Å². The lowest BCUT2D eigenvalue weighted by Gasteiger charge is -2.20. The van der Waals surface area contributed by atoms with Crippen LogP contribution in [0.4, 0.5) is 8.78 Å². The Hall–Kier alpha value is -2.02. The predicted octanol–water partition coefficient (Wildman–Crippen LogP) is 1.58. The number of aryl methyl sites for hydroxylation is 1. The van der Waals surface area contributed by atoms with Crippen LogP contribution in [0.15, 0.2) is 24.3 Å². The summed E-state index contributed by atoms with van der Waals surface area (Å²) in [5.74, 6) is 0.232. The molecule has 2 N–H and O–H groups in total. The van der Waals surface area contributed by atoms with Crippen molar-refractivity contribution in [2.24, 2.45) is 0 Å². The summed E-state index contributed by atoms with van der Waals surface area (Å²) in [6, 6.07) is 7.47. The summed E-state index contributed by atoms with van der Waals surface area (Å²) in [5, 5.41) is 8.82. The maximum Gasteiger partial charge on any atom is 0.255 e. The van der Waals surface area contributed by atoms with E-state index in [0.29, 0.717) is 12.2 Å². The molecule has 2 aromatic rings. The van der Waals surface area contributed by atoms with E-state index in [1.807, 2.05) is 24.3 Å². The molecule has 0 aliphatic heterocycles. The molecule has 21 heavy (non-hydrogen) atoms. The Morgan fingerprint density at radius 2 is 2.14 bits per heavy atom. The summed E-state index contributed by atoms with van der Waals surface area (Å²) >= 11 is 0. The van der Waals surface area contributed by atoms with Gasteiger partial charge in [0.25, 0.3) is 6.43 Å². The Morgan fingerprint density at radius 1 is 1.38 bits per heavy atom. The number of benzene rings is 1. The smallest absolute Gasteiger partial charge is 0.255 e. The average molecular weight is 297 g/mol. The zero-order valence-corrected chi connectivity index (χ0v) is 11.4. The molecule has 0 aliphatic carbocycles. The topological polar surface area (TPSA) is 69.2 Å². The van der Waals surface area contributed by atoms with Gasteiger partial charge in [-0.25, -0.2) is 13.8 Å². The number of carbonyl (C=O) groups excluding carboxylic acids is 1. The van der Waals surface area contributed by atoms with Gasteiger partial charge in [0.1, 0.15) is 5.82 Å². The largest absolute Gasteiger partial charge is 0.395 e. The second-order valence-corrected chi connectivity index (χ2v) is 4.66. The van der Waals surface area contributed by atoms with Crippen molar-refractivity contribution in [3.63, 3.8) is 0 Å². The molecule has 2 rings (SSSR count). The summed E-state index contributed by atoms with van der Waals surface area (Å²) in [7, 11) is 0. The van der Waals surface area contributed by atoms with Crippen LogP contribution < -0.4 is 0 Å². The van der Waals surface area contributed by atoms with Gasteiger partial charge in [-0.3, -0.25) is 4.79 Å². The van der Waals surface area contributed by atoms with Crippen molar-refractivity contribution < 1.29 is 18.7 Å². The number of aromatic nitrogens is 2. The Bertz CT molecular complexity index is 568. The number of amides is 1. The molecule has 0 aliphatic rings. The number of halogens is 2. The molecule has 0 saturated heterocycles. The Labute approximate surface area is 120 Å². The highest BCUT2D eigenvalue weighted by Gasteiger charge is 2.18. The number of imidazole rings is 1. The van der Waals surface area contributed by atoms with E-state index < -0.39 is 18.9 Å². The van der Waals surface area contributed by atoms with Gasteiger partial charge in [0.2, 0.25) is 5.91 Å². The van der Waals surface area contributed by atoms with E-state index in [4.69, 9.17) is 5.11 Å². The Morgan fingerprint density at radius 3 is 2.81 bits per heavy atom. The lowest BCUT2D eigenvalue weighted by molar-refractivity contribution is -0.133. The number of aliphatic hydroxyl groups excluding tert-OH is 1. The molecule has 7 heteroatoms. The van der Waals surface area contributed by atoms with E-state index in [1.165, 1.54) is 0 Å². The minimum absolute atomic E-state index is 0.0759. The molecule has 1 aromatic heterocycles. The summed E-state index contributed by atoms with van der Waals surface area (Å²) < 4.78 is 24.8. The SMILES string of the molecule is O=C(CCc1nc2ccccc2[nH]1)N(CCO)CC(F)F. The Balaban J connectivity index is 1.95. The minimum Gasteiger partial charge on any atom is -0.395 e. The van der Waals surface area contributed by atoms with Crippen molar-refractivity contribution in [1.29, 1.82) is 0 Å². The second kappa shape index (κ2) is 7.12. The molecule has 0 radical (unpaired) electrons. The first kappa shape index (κ1) is 15.4. The predicted molar refractivity (Wildman–Crippen MR) is 74.1 cm³/mol. The van der Waals surface area contributed by atoms with Crippen molar-refractivity contribution in [3.05, 3.63) is 30.1 Å². The monoisotopic (exact) mass is 297 g/mol. The van der Waals surface area contributed by atoms with Crippen LogP contribution in [-0.2, 0) is 11.2 Å². The first-order valence-corrected chi connectivity index (χ1v) is 6.70. The van der Waals surface area contributed by atoms with Crippen LogP contribution in [0, 0.1) is 0 Å². The first-order chi connectivity index (χ1) is 10.1.